The molecule has 2 aliphatic rings. The Labute approximate surface area is 123 Å². The zero-order valence-electron chi connectivity index (χ0n) is 12.2. The molecule has 1 aliphatic carbocycles. The molecule has 1 fully saturated rings. The average molecular weight is 287 g/mol. The van der Waals surface area contributed by atoms with Gasteiger partial charge in [-0.05, 0) is 18.8 Å². The van der Waals surface area contributed by atoms with E-state index >= 15 is 0 Å². The van der Waals surface area contributed by atoms with Crippen LogP contribution in [0.1, 0.15) is 37.9 Å². The highest BCUT2D eigenvalue weighted by molar-refractivity contribution is 5.26. The maximum Gasteiger partial charge on any atom is 0.336 e. The summed E-state index contributed by atoms with van der Waals surface area (Å²) in [6.45, 7) is 3.61. The van der Waals surface area contributed by atoms with Gasteiger partial charge in [0.1, 0.15) is 5.82 Å². The summed E-state index contributed by atoms with van der Waals surface area (Å²) in [5.41, 5.74) is -0.00943. The molecule has 6 nitrogen and oxygen atoms in total. The molecule has 4 rings (SSSR count). The van der Waals surface area contributed by atoms with Crippen LogP contribution in [0.4, 0.5) is 0 Å². The Morgan fingerprint density at radius 2 is 2.05 bits per heavy atom. The summed E-state index contributed by atoms with van der Waals surface area (Å²) >= 11 is 0. The molecule has 1 aliphatic heterocycles. The molecule has 2 aromatic heterocycles. The third-order valence-corrected chi connectivity index (χ3v) is 4.84. The predicted molar refractivity (Wildman–Crippen MR) is 79.1 cm³/mol. The standard InChI is InChI=1S/C15H21N5O/c21-15-19-9-8-18(10-12-4-2-1-3-5-12)11-13(19)17-14-16-6-7-20(14)15/h6-7,12H,1-5,8-11H2. The van der Waals surface area contributed by atoms with Crippen LogP contribution in [0.3, 0.4) is 0 Å². The molecule has 0 amide bonds. The quantitative estimate of drug-likeness (QED) is 0.835. The first-order valence-electron chi connectivity index (χ1n) is 7.96. The Hall–Kier alpha value is -1.69. The van der Waals surface area contributed by atoms with Gasteiger partial charge in [0.15, 0.2) is 0 Å². The van der Waals surface area contributed by atoms with Crippen molar-refractivity contribution in [3.05, 3.63) is 28.7 Å². The number of rotatable bonds is 2. The smallest absolute Gasteiger partial charge is 0.294 e. The number of hydrogen-bond donors (Lipinski definition) is 0. The maximum atomic E-state index is 12.4. The average Bonchev–Trinajstić information content (AvgIpc) is 2.97. The molecule has 2 aromatic rings. The first kappa shape index (κ1) is 13.0. The first-order chi connectivity index (χ1) is 10.3. The van der Waals surface area contributed by atoms with Gasteiger partial charge in [-0.3, -0.25) is 9.47 Å². The molecule has 0 N–H and O–H groups in total. The zero-order valence-corrected chi connectivity index (χ0v) is 12.2. The fourth-order valence-corrected chi connectivity index (χ4v) is 3.70. The summed E-state index contributed by atoms with van der Waals surface area (Å²) in [5.74, 6) is 2.21. The van der Waals surface area contributed by atoms with Gasteiger partial charge in [-0.1, -0.05) is 19.3 Å². The van der Waals surface area contributed by atoms with Gasteiger partial charge in [-0.2, -0.15) is 4.98 Å². The van der Waals surface area contributed by atoms with Crippen molar-refractivity contribution in [2.24, 2.45) is 5.92 Å². The molecule has 21 heavy (non-hydrogen) atoms. The Balaban J connectivity index is 1.56. The fourth-order valence-electron chi connectivity index (χ4n) is 3.70. The van der Waals surface area contributed by atoms with E-state index in [-0.39, 0.29) is 5.69 Å². The first-order valence-corrected chi connectivity index (χ1v) is 7.96. The molecule has 1 saturated carbocycles. The van der Waals surface area contributed by atoms with Crippen LogP contribution in [0, 0.1) is 5.92 Å². The zero-order chi connectivity index (χ0) is 14.2. The van der Waals surface area contributed by atoms with Gasteiger partial charge in [0, 0.05) is 32.0 Å². The summed E-state index contributed by atoms with van der Waals surface area (Å²) in [6.07, 6.45) is 10.2. The Morgan fingerprint density at radius 3 is 2.90 bits per heavy atom. The molecule has 3 heterocycles. The molecule has 0 atom stereocenters. The Bertz CT molecular complexity index is 698. The summed E-state index contributed by atoms with van der Waals surface area (Å²) < 4.78 is 3.33. The minimum atomic E-state index is -0.00943. The molecule has 0 unspecified atom stereocenters. The van der Waals surface area contributed by atoms with E-state index in [0.717, 1.165) is 37.9 Å². The third kappa shape index (κ3) is 2.37. The van der Waals surface area contributed by atoms with Crippen molar-refractivity contribution < 1.29 is 0 Å². The van der Waals surface area contributed by atoms with Crippen LogP contribution in [0.5, 0.6) is 0 Å². The Kier molecular flexibility index (Phi) is 3.25. The van der Waals surface area contributed by atoms with E-state index in [9.17, 15) is 4.79 Å². The number of imidazole rings is 1. The van der Waals surface area contributed by atoms with Crippen LogP contribution in [0.2, 0.25) is 0 Å². The van der Waals surface area contributed by atoms with Gasteiger partial charge in [0.25, 0.3) is 0 Å². The lowest BCUT2D eigenvalue weighted by atomic mass is 9.89. The molecular formula is C15H21N5O. The topological polar surface area (TPSA) is 55.4 Å². The van der Waals surface area contributed by atoms with Crippen molar-refractivity contribution in [2.45, 2.75) is 45.2 Å². The van der Waals surface area contributed by atoms with Crippen LogP contribution in [-0.2, 0) is 13.1 Å². The van der Waals surface area contributed by atoms with Gasteiger partial charge in [0.2, 0.25) is 5.78 Å². The maximum absolute atomic E-state index is 12.4. The summed E-state index contributed by atoms with van der Waals surface area (Å²) in [7, 11) is 0. The predicted octanol–water partition coefficient (Wildman–Crippen LogP) is 1.29. The van der Waals surface area contributed by atoms with Crippen molar-refractivity contribution in [1.29, 1.82) is 0 Å². The summed E-state index contributed by atoms with van der Waals surface area (Å²) in [5, 5.41) is 0. The fraction of sp³-hybridized carbons (Fsp3) is 0.667. The van der Waals surface area contributed by atoms with Gasteiger partial charge < -0.3 is 0 Å². The molecule has 0 bridgehead atoms. The van der Waals surface area contributed by atoms with Crippen LogP contribution in [0.15, 0.2) is 17.2 Å². The van der Waals surface area contributed by atoms with E-state index in [1.165, 1.54) is 36.5 Å². The van der Waals surface area contributed by atoms with Gasteiger partial charge in [0.05, 0.1) is 6.54 Å². The van der Waals surface area contributed by atoms with Gasteiger partial charge in [-0.25, -0.2) is 14.2 Å². The van der Waals surface area contributed by atoms with Crippen LogP contribution in [-0.4, -0.2) is 36.9 Å². The highest BCUT2D eigenvalue weighted by Gasteiger charge is 2.23. The third-order valence-electron chi connectivity index (χ3n) is 4.84. The highest BCUT2D eigenvalue weighted by Crippen LogP contribution is 2.25. The van der Waals surface area contributed by atoms with E-state index in [1.807, 2.05) is 0 Å². The second kappa shape index (κ2) is 5.26. The molecule has 112 valence electrons. The van der Waals surface area contributed by atoms with E-state index in [2.05, 4.69) is 14.9 Å². The Morgan fingerprint density at radius 1 is 1.19 bits per heavy atom. The number of nitrogens with zero attached hydrogens (tertiary/aromatic N) is 5. The van der Waals surface area contributed by atoms with Crippen molar-refractivity contribution in [1.82, 2.24) is 23.8 Å². The van der Waals surface area contributed by atoms with E-state index in [1.54, 1.807) is 17.0 Å². The highest BCUT2D eigenvalue weighted by atomic mass is 16.1. The van der Waals surface area contributed by atoms with Crippen molar-refractivity contribution in [2.75, 3.05) is 13.1 Å². The second-order valence-electron chi connectivity index (χ2n) is 6.30. The van der Waals surface area contributed by atoms with Crippen LogP contribution in [0.25, 0.3) is 5.78 Å². The largest absolute Gasteiger partial charge is 0.336 e. The monoisotopic (exact) mass is 287 g/mol. The summed E-state index contributed by atoms with van der Waals surface area (Å²) in [6, 6.07) is 0. The number of fused-ring (bicyclic) bond motifs is 2. The molecule has 0 radical (unpaired) electrons. The molecule has 6 heteroatoms. The summed E-state index contributed by atoms with van der Waals surface area (Å²) in [4.78, 5) is 23.5. The number of aromatic nitrogens is 4. The van der Waals surface area contributed by atoms with Gasteiger partial charge in [-0.15, -0.1) is 0 Å². The molecule has 0 spiro atoms. The van der Waals surface area contributed by atoms with Gasteiger partial charge >= 0.3 is 5.69 Å². The van der Waals surface area contributed by atoms with E-state index in [0.29, 0.717) is 5.78 Å². The van der Waals surface area contributed by atoms with Crippen LogP contribution < -0.4 is 5.69 Å². The van der Waals surface area contributed by atoms with Crippen molar-refractivity contribution in [3.63, 3.8) is 0 Å². The van der Waals surface area contributed by atoms with Crippen LogP contribution >= 0.6 is 0 Å². The minimum absolute atomic E-state index is 0.00943. The van der Waals surface area contributed by atoms with E-state index in [4.69, 9.17) is 0 Å². The number of hydrogen-bond acceptors (Lipinski definition) is 4. The lowest BCUT2D eigenvalue weighted by Crippen LogP contribution is -2.43. The van der Waals surface area contributed by atoms with E-state index < -0.39 is 0 Å². The SMILES string of the molecule is O=c1n2c(nc3nccn13)CN(CC1CCCCC1)CC2. The second-order valence-corrected chi connectivity index (χ2v) is 6.30. The normalized spacial score (nSPS) is 20.8. The lowest BCUT2D eigenvalue weighted by Gasteiger charge is -2.33. The lowest BCUT2D eigenvalue weighted by molar-refractivity contribution is 0.161. The molecular weight excluding hydrogens is 266 g/mol. The van der Waals surface area contributed by atoms with Crippen molar-refractivity contribution in [3.8, 4) is 0 Å². The molecule has 0 aromatic carbocycles. The van der Waals surface area contributed by atoms with Crippen molar-refractivity contribution >= 4 is 5.78 Å². The minimum Gasteiger partial charge on any atom is -0.294 e. The molecule has 0 saturated heterocycles.